The van der Waals surface area contributed by atoms with Gasteiger partial charge in [0.25, 0.3) is 0 Å². The van der Waals surface area contributed by atoms with E-state index in [1.54, 1.807) is 4.90 Å². The second-order valence-electron chi connectivity index (χ2n) is 7.71. The van der Waals surface area contributed by atoms with Crippen LogP contribution in [0.25, 0.3) is 0 Å². The third-order valence-corrected chi connectivity index (χ3v) is 6.26. The predicted octanol–water partition coefficient (Wildman–Crippen LogP) is 3.41. The van der Waals surface area contributed by atoms with Crippen molar-refractivity contribution in [1.82, 2.24) is 4.90 Å². The van der Waals surface area contributed by atoms with Gasteiger partial charge in [-0.15, -0.1) is 0 Å². The SMILES string of the molecule is N#Cc1ccc(N2CCCN(C(=O)C3CC(=O)N(c4cccc(Br)c4)C3)CC2)cc1. The average molecular weight is 467 g/mol. The van der Waals surface area contributed by atoms with Crippen LogP contribution >= 0.6 is 15.9 Å². The van der Waals surface area contributed by atoms with Crippen LogP contribution in [0.5, 0.6) is 0 Å². The van der Waals surface area contributed by atoms with Gasteiger partial charge in [0.05, 0.1) is 17.6 Å². The molecule has 2 heterocycles. The van der Waals surface area contributed by atoms with Gasteiger partial charge in [0.2, 0.25) is 11.8 Å². The summed E-state index contributed by atoms with van der Waals surface area (Å²) < 4.78 is 0.915. The third-order valence-electron chi connectivity index (χ3n) is 5.76. The van der Waals surface area contributed by atoms with E-state index in [4.69, 9.17) is 5.26 Å². The molecular formula is C23H23BrN4O2. The quantitative estimate of drug-likeness (QED) is 0.694. The maximum atomic E-state index is 13.2. The molecule has 0 aliphatic carbocycles. The van der Waals surface area contributed by atoms with Crippen LogP contribution in [-0.2, 0) is 9.59 Å². The number of hydrogen-bond acceptors (Lipinski definition) is 4. The van der Waals surface area contributed by atoms with Crippen LogP contribution in [-0.4, -0.2) is 49.4 Å². The van der Waals surface area contributed by atoms with Crippen molar-refractivity contribution in [3.05, 3.63) is 58.6 Å². The fourth-order valence-electron chi connectivity index (χ4n) is 4.17. The molecule has 0 bridgehead atoms. The van der Waals surface area contributed by atoms with Crippen LogP contribution in [0.2, 0.25) is 0 Å². The number of nitrogens with zero attached hydrogens (tertiary/aromatic N) is 4. The summed E-state index contributed by atoms with van der Waals surface area (Å²) >= 11 is 3.44. The molecule has 2 saturated heterocycles. The van der Waals surface area contributed by atoms with E-state index in [2.05, 4.69) is 26.9 Å². The van der Waals surface area contributed by atoms with Crippen molar-refractivity contribution < 1.29 is 9.59 Å². The van der Waals surface area contributed by atoms with Gasteiger partial charge < -0.3 is 14.7 Å². The monoisotopic (exact) mass is 466 g/mol. The molecule has 4 rings (SSSR count). The van der Waals surface area contributed by atoms with Crippen molar-refractivity contribution in [3.8, 4) is 6.07 Å². The van der Waals surface area contributed by atoms with E-state index < -0.39 is 0 Å². The Kier molecular flexibility index (Phi) is 6.05. The molecule has 0 spiro atoms. The van der Waals surface area contributed by atoms with E-state index in [1.807, 2.05) is 53.4 Å². The van der Waals surface area contributed by atoms with E-state index in [-0.39, 0.29) is 24.2 Å². The Morgan fingerprint density at radius 1 is 1.03 bits per heavy atom. The van der Waals surface area contributed by atoms with Crippen LogP contribution in [0.1, 0.15) is 18.4 Å². The van der Waals surface area contributed by atoms with Crippen LogP contribution in [0.3, 0.4) is 0 Å². The Morgan fingerprint density at radius 3 is 2.57 bits per heavy atom. The van der Waals surface area contributed by atoms with Gasteiger partial charge in [-0.25, -0.2) is 0 Å². The zero-order chi connectivity index (χ0) is 21.1. The highest BCUT2D eigenvalue weighted by Gasteiger charge is 2.37. The summed E-state index contributed by atoms with van der Waals surface area (Å²) in [5, 5.41) is 8.97. The van der Waals surface area contributed by atoms with Crippen LogP contribution in [0.15, 0.2) is 53.0 Å². The maximum Gasteiger partial charge on any atom is 0.228 e. The van der Waals surface area contributed by atoms with Crippen molar-refractivity contribution in [2.24, 2.45) is 5.92 Å². The summed E-state index contributed by atoms with van der Waals surface area (Å²) in [6, 6.07) is 17.3. The Balaban J connectivity index is 1.39. The summed E-state index contributed by atoms with van der Waals surface area (Å²) in [6.07, 6.45) is 1.14. The van der Waals surface area contributed by atoms with Crippen LogP contribution < -0.4 is 9.80 Å². The fourth-order valence-corrected chi connectivity index (χ4v) is 4.55. The van der Waals surface area contributed by atoms with E-state index in [1.165, 1.54) is 0 Å². The molecule has 154 valence electrons. The molecule has 6 nitrogen and oxygen atoms in total. The zero-order valence-corrected chi connectivity index (χ0v) is 18.2. The van der Waals surface area contributed by atoms with Gasteiger partial charge in [0.15, 0.2) is 0 Å². The summed E-state index contributed by atoms with van der Waals surface area (Å²) in [4.78, 5) is 31.6. The summed E-state index contributed by atoms with van der Waals surface area (Å²) in [5.74, 6) is -0.221. The number of carbonyl (C=O) groups excluding carboxylic acids is 2. The predicted molar refractivity (Wildman–Crippen MR) is 119 cm³/mol. The first-order chi connectivity index (χ1) is 14.5. The fraction of sp³-hybridized carbons (Fsp3) is 0.348. The lowest BCUT2D eigenvalue weighted by atomic mass is 10.1. The molecule has 2 aromatic rings. The third kappa shape index (κ3) is 4.34. The number of rotatable bonds is 3. The lowest BCUT2D eigenvalue weighted by Gasteiger charge is -2.25. The average Bonchev–Trinajstić information content (AvgIpc) is 2.99. The Hall–Kier alpha value is -2.85. The van der Waals surface area contributed by atoms with Gasteiger partial charge in [-0.3, -0.25) is 9.59 Å². The second-order valence-corrected chi connectivity index (χ2v) is 8.63. The molecule has 2 aliphatic heterocycles. The lowest BCUT2D eigenvalue weighted by Crippen LogP contribution is -2.40. The number of halogens is 1. The number of hydrogen-bond donors (Lipinski definition) is 0. The Morgan fingerprint density at radius 2 is 1.83 bits per heavy atom. The first-order valence-electron chi connectivity index (χ1n) is 10.1. The maximum absolute atomic E-state index is 13.2. The van der Waals surface area contributed by atoms with E-state index >= 15 is 0 Å². The molecule has 7 heteroatoms. The largest absolute Gasteiger partial charge is 0.370 e. The molecule has 2 amide bonds. The molecule has 0 aromatic heterocycles. The van der Waals surface area contributed by atoms with E-state index in [9.17, 15) is 9.59 Å². The van der Waals surface area contributed by atoms with Crippen molar-refractivity contribution in [2.75, 3.05) is 42.5 Å². The van der Waals surface area contributed by atoms with E-state index in [0.29, 0.717) is 25.2 Å². The summed E-state index contributed by atoms with van der Waals surface area (Å²) in [5.41, 5.74) is 2.54. The van der Waals surface area contributed by atoms with Crippen molar-refractivity contribution in [1.29, 1.82) is 5.26 Å². The molecule has 1 atom stereocenters. The first-order valence-corrected chi connectivity index (χ1v) is 10.9. The molecule has 0 radical (unpaired) electrons. The number of anilines is 2. The standard InChI is InChI=1S/C23H23BrN4O2/c24-19-3-1-4-21(14-19)28-16-18(13-22(28)29)23(30)27-10-2-9-26(11-12-27)20-7-5-17(15-25)6-8-20/h1,3-8,14,18H,2,9-13,16H2. The normalized spacial score (nSPS) is 19.5. The lowest BCUT2D eigenvalue weighted by molar-refractivity contribution is -0.135. The molecule has 2 aromatic carbocycles. The van der Waals surface area contributed by atoms with Crippen molar-refractivity contribution in [3.63, 3.8) is 0 Å². The minimum absolute atomic E-state index is 0.000445. The molecule has 2 aliphatic rings. The molecule has 1 unspecified atom stereocenters. The molecule has 30 heavy (non-hydrogen) atoms. The minimum Gasteiger partial charge on any atom is -0.370 e. The minimum atomic E-state index is -0.294. The number of amides is 2. The Labute approximate surface area is 184 Å². The molecule has 0 saturated carbocycles. The smallest absolute Gasteiger partial charge is 0.228 e. The topological polar surface area (TPSA) is 67.6 Å². The van der Waals surface area contributed by atoms with Gasteiger partial charge in [0.1, 0.15) is 0 Å². The van der Waals surface area contributed by atoms with Gasteiger partial charge >= 0.3 is 0 Å². The number of nitriles is 1. The van der Waals surface area contributed by atoms with Crippen LogP contribution in [0, 0.1) is 17.2 Å². The first kappa shape index (κ1) is 20.4. The highest BCUT2D eigenvalue weighted by Crippen LogP contribution is 2.28. The molecule has 2 fully saturated rings. The second kappa shape index (κ2) is 8.88. The van der Waals surface area contributed by atoms with Crippen LogP contribution in [0.4, 0.5) is 11.4 Å². The highest BCUT2D eigenvalue weighted by molar-refractivity contribution is 9.10. The summed E-state index contributed by atoms with van der Waals surface area (Å²) in [6.45, 7) is 3.38. The van der Waals surface area contributed by atoms with Gasteiger partial charge in [-0.1, -0.05) is 22.0 Å². The highest BCUT2D eigenvalue weighted by atomic mass is 79.9. The Bertz CT molecular complexity index is 985. The van der Waals surface area contributed by atoms with Gasteiger partial charge in [-0.2, -0.15) is 5.26 Å². The van der Waals surface area contributed by atoms with Gasteiger partial charge in [-0.05, 0) is 48.9 Å². The van der Waals surface area contributed by atoms with E-state index in [0.717, 1.165) is 35.4 Å². The summed E-state index contributed by atoms with van der Waals surface area (Å²) in [7, 11) is 0. The van der Waals surface area contributed by atoms with Gasteiger partial charge in [0, 0.05) is 55.0 Å². The molecule has 0 N–H and O–H groups in total. The zero-order valence-electron chi connectivity index (χ0n) is 16.6. The molecular weight excluding hydrogens is 444 g/mol. The van der Waals surface area contributed by atoms with Crippen molar-refractivity contribution >= 4 is 39.1 Å². The number of carbonyl (C=O) groups is 2. The number of benzene rings is 2. The van der Waals surface area contributed by atoms with Crippen molar-refractivity contribution in [2.45, 2.75) is 12.8 Å².